The summed E-state index contributed by atoms with van der Waals surface area (Å²) in [5, 5.41) is 19.9. The number of aromatic nitrogens is 1. The van der Waals surface area contributed by atoms with Crippen LogP contribution in [0.15, 0.2) is 30.3 Å². The molecule has 164 valence electrons. The maximum atomic E-state index is 15.0. The summed E-state index contributed by atoms with van der Waals surface area (Å²) < 4.78 is 30.4. The number of phenols is 1. The zero-order chi connectivity index (χ0) is 23.0. The lowest BCUT2D eigenvalue weighted by Crippen LogP contribution is -2.18. The van der Waals surface area contributed by atoms with E-state index < -0.39 is 35.2 Å². The molecule has 2 aromatic carbocycles. The molecule has 0 saturated heterocycles. The SMILES string of the molecule is CCC(C)C[C@H](C(=O)O)c1c(C)n(C(=O)c2ccc(Cl)cc2)c2cc(F)c(O)c(F)c12. The van der Waals surface area contributed by atoms with Gasteiger partial charge in [0.05, 0.1) is 11.4 Å². The van der Waals surface area contributed by atoms with E-state index >= 15 is 4.39 Å². The van der Waals surface area contributed by atoms with Gasteiger partial charge in [0.1, 0.15) is 0 Å². The Morgan fingerprint density at radius 3 is 2.35 bits per heavy atom. The molecule has 3 aromatic rings. The summed E-state index contributed by atoms with van der Waals surface area (Å²) in [4.78, 5) is 25.4. The number of aromatic hydroxyl groups is 1. The van der Waals surface area contributed by atoms with Crippen LogP contribution in [0, 0.1) is 24.5 Å². The molecular weight excluding hydrogens is 428 g/mol. The van der Waals surface area contributed by atoms with Gasteiger partial charge in [-0.3, -0.25) is 14.2 Å². The Hall–Kier alpha value is -2.93. The van der Waals surface area contributed by atoms with Crippen LogP contribution < -0.4 is 0 Å². The van der Waals surface area contributed by atoms with E-state index in [9.17, 15) is 24.2 Å². The maximum absolute atomic E-state index is 15.0. The molecule has 0 spiro atoms. The van der Waals surface area contributed by atoms with Crippen LogP contribution in [0.1, 0.15) is 54.2 Å². The van der Waals surface area contributed by atoms with E-state index in [1.807, 2.05) is 13.8 Å². The van der Waals surface area contributed by atoms with Gasteiger partial charge in [0.15, 0.2) is 17.4 Å². The maximum Gasteiger partial charge on any atom is 0.311 e. The molecule has 0 aliphatic rings. The van der Waals surface area contributed by atoms with Crippen LogP contribution >= 0.6 is 11.6 Å². The van der Waals surface area contributed by atoms with Crippen LogP contribution in [0.2, 0.25) is 5.02 Å². The molecule has 0 aliphatic carbocycles. The van der Waals surface area contributed by atoms with Crippen molar-refractivity contribution in [2.24, 2.45) is 5.92 Å². The minimum atomic E-state index is -1.29. The number of fused-ring (bicyclic) bond motifs is 1. The van der Waals surface area contributed by atoms with Gasteiger partial charge in [-0.05, 0) is 49.1 Å². The van der Waals surface area contributed by atoms with Gasteiger partial charge in [-0.15, -0.1) is 0 Å². The highest BCUT2D eigenvalue weighted by atomic mass is 35.5. The summed E-state index contributed by atoms with van der Waals surface area (Å²) in [6.07, 6.45) is 0.895. The monoisotopic (exact) mass is 449 g/mol. The van der Waals surface area contributed by atoms with Gasteiger partial charge in [0, 0.05) is 27.7 Å². The average Bonchev–Trinajstić information content (AvgIpc) is 3.01. The first kappa shape index (κ1) is 22.7. The number of carboxylic acids is 1. The molecule has 1 heterocycles. The van der Waals surface area contributed by atoms with Gasteiger partial charge in [-0.25, -0.2) is 8.78 Å². The molecule has 31 heavy (non-hydrogen) atoms. The minimum Gasteiger partial charge on any atom is -0.503 e. The zero-order valence-corrected chi connectivity index (χ0v) is 18.0. The summed E-state index contributed by atoms with van der Waals surface area (Å²) in [5.74, 6) is -6.66. The van der Waals surface area contributed by atoms with E-state index in [0.717, 1.165) is 10.6 Å². The van der Waals surface area contributed by atoms with Crippen molar-refractivity contribution in [1.29, 1.82) is 0 Å². The Labute approximate surface area is 182 Å². The third kappa shape index (κ3) is 4.02. The molecule has 2 N–H and O–H groups in total. The smallest absolute Gasteiger partial charge is 0.311 e. The highest BCUT2D eigenvalue weighted by Crippen LogP contribution is 2.40. The fourth-order valence-corrected chi connectivity index (χ4v) is 3.96. The highest BCUT2D eigenvalue weighted by Gasteiger charge is 2.33. The summed E-state index contributed by atoms with van der Waals surface area (Å²) in [7, 11) is 0. The topological polar surface area (TPSA) is 79.5 Å². The quantitative estimate of drug-likeness (QED) is 0.492. The number of halogens is 3. The first-order valence-electron chi connectivity index (χ1n) is 9.83. The second-order valence-electron chi connectivity index (χ2n) is 7.70. The standard InChI is InChI=1S/C23H22ClF2NO4/c1-4-11(2)9-15(23(30)31)18-12(3)27(22(29)13-5-7-14(24)8-6-13)17-10-16(25)21(28)20(26)19(17)18/h5-8,10-11,15,28H,4,9H2,1-3H3,(H,30,31)/t11?,15-/m0/s1. The Morgan fingerprint density at radius 2 is 1.81 bits per heavy atom. The molecule has 8 heteroatoms. The minimum absolute atomic E-state index is 0.00275. The number of carbonyl (C=O) groups excluding carboxylic acids is 1. The normalized spacial score (nSPS) is 13.4. The van der Waals surface area contributed by atoms with Crippen molar-refractivity contribution >= 4 is 34.4 Å². The number of carbonyl (C=O) groups is 2. The van der Waals surface area contributed by atoms with Crippen molar-refractivity contribution < 1.29 is 28.6 Å². The van der Waals surface area contributed by atoms with E-state index in [2.05, 4.69) is 0 Å². The Bertz CT molecular complexity index is 1170. The Morgan fingerprint density at radius 1 is 1.19 bits per heavy atom. The molecular formula is C23H22ClF2NO4. The Kier molecular flexibility index (Phi) is 6.36. The lowest BCUT2D eigenvalue weighted by Gasteiger charge is -2.18. The van der Waals surface area contributed by atoms with Crippen LogP contribution in [0.4, 0.5) is 8.78 Å². The Balaban J connectivity index is 2.36. The van der Waals surface area contributed by atoms with E-state index in [1.165, 1.54) is 31.2 Å². The fraction of sp³-hybridized carbons (Fsp3) is 0.304. The molecule has 0 saturated carbocycles. The van der Waals surface area contributed by atoms with Crippen LogP contribution in [-0.4, -0.2) is 26.7 Å². The van der Waals surface area contributed by atoms with E-state index in [4.69, 9.17) is 11.6 Å². The van der Waals surface area contributed by atoms with Gasteiger partial charge in [0.2, 0.25) is 0 Å². The predicted octanol–water partition coefficient (Wildman–Crippen LogP) is 5.88. The first-order chi connectivity index (χ1) is 14.6. The molecule has 2 atom stereocenters. The predicted molar refractivity (Wildman–Crippen MR) is 114 cm³/mol. The van der Waals surface area contributed by atoms with Crippen molar-refractivity contribution in [3.63, 3.8) is 0 Å². The zero-order valence-electron chi connectivity index (χ0n) is 17.2. The van der Waals surface area contributed by atoms with Gasteiger partial charge in [-0.1, -0.05) is 31.9 Å². The number of rotatable bonds is 6. The molecule has 0 amide bonds. The highest BCUT2D eigenvalue weighted by molar-refractivity contribution is 6.30. The number of benzene rings is 2. The van der Waals surface area contributed by atoms with E-state index in [0.29, 0.717) is 11.4 Å². The third-order valence-corrected chi connectivity index (χ3v) is 5.94. The van der Waals surface area contributed by atoms with Crippen molar-refractivity contribution in [2.75, 3.05) is 0 Å². The average molecular weight is 450 g/mol. The van der Waals surface area contributed by atoms with Gasteiger partial charge in [-0.2, -0.15) is 0 Å². The molecule has 3 rings (SSSR count). The van der Waals surface area contributed by atoms with Crippen molar-refractivity contribution in [3.05, 3.63) is 63.8 Å². The molecule has 0 radical (unpaired) electrons. The van der Waals surface area contributed by atoms with Crippen LogP contribution in [0.25, 0.3) is 10.9 Å². The summed E-state index contributed by atoms with van der Waals surface area (Å²) in [6.45, 7) is 5.27. The van der Waals surface area contributed by atoms with Crippen molar-refractivity contribution in [2.45, 2.75) is 39.5 Å². The molecule has 0 aliphatic heterocycles. The number of phenolic OH excluding ortho intramolecular Hbond substituents is 1. The second-order valence-corrected chi connectivity index (χ2v) is 8.14. The van der Waals surface area contributed by atoms with Crippen molar-refractivity contribution in [1.82, 2.24) is 4.57 Å². The largest absolute Gasteiger partial charge is 0.503 e. The molecule has 0 fully saturated rings. The van der Waals surface area contributed by atoms with Gasteiger partial charge in [0.25, 0.3) is 5.91 Å². The fourth-order valence-electron chi connectivity index (χ4n) is 3.83. The second kappa shape index (κ2) is 8.67. The van der Waals surface area contributed by atoms with Crippen molar-refractivity contribution in [3.8, 4) is 5.75 Å². The third-order valence-electron chi connectivity index (χ3n) is 5.68. The van der Waals surface area contributed by atoms with Crippen LogP contribution in [0.5, 0.6) is 5.75 Å². The van der Waals surface area contributed by atoms with Crippen LogP contribution in [0.3, 0.4) is 0 Å². The number of hydrogen-bond acceptors (Lipinski definition) is 3. The summed E-state index contributed by atoms with van der Waals surface area (Å²) >= 11 is 5.88. The number of carboxylic acid groups (broad SMARTS) is 1. The van der Waals surface area contributed by atoms with Gasteiger partial charge >= 0.3 is 5.97 Å². The lowest BCUT2D eigenvalue weighted by atomic mass is 9.86. The molecule has 1 unspecified atom stereocenters. The van der Waals surface area contributed by atoms with Gasteiger partial charge < -0.3 is 10.2 Å². The van der Waals surface area contributed by atoms with Crippen LogP contribution in [-0.2, 0) is 4.79 Å². The molecule has 0 bridgehead atoms. The lowest BCUT2D eigenvalue weighted by molar-refractivity contribution is -0.139. The summed E-state index contributed by atoms with van der Waals surface area (Å²) in [6, 6.07) is 6.80. The summed E-state index contributed by atoms with van der Waals surface area (Å²) in [5.41, 5.74) is 0.293. The first-order valence-corrected chi connectivity index (χ1v) is 10.2. The number of hydrogen-bond donors (Lipinski definition) is 2. The van der Waals surface area contributed by atoms with E-state index in [1.54, 1.807) is 0 Å². The number of nitrogens with zero attached hydrogens (tertiary/aromatic N) is 1. The van der Waals surface area contributed by atoms with E-state index in [-0.39, 0.29) is 40.1 Å². The number of aliphatic carboxylic acids is 1. The molecule has 1 aromatic heterocycles. The molecule has 5 nitrogen and oxygen atoms in total.